The summed E-state index contributed by atoms with van der Waals surface area (Å²) in [6.07, 6.45) is 1.01. The van der Waals surface area contributed by atoms with Gasteiger partial charge in [-0.05, 0) is 31.0 Å². The molecule has 0 spiro atoms. The van der Waals surface area contributed by atoms with Gasteiger partial charge in [0.1, 0.15) is 5.41 Å². The number of benzene rings is 2. The molecule has 0 N–H and O–H groups in total. The molecule has 5 heteroatoms. The zero-order chi connectivity index (χ0) is 19.4. The second kappa shape index (κ2) is 9.75. The highest BCUT2D eigenvalue weighted by atomic mass is 35.5. The molecule has 2 saturated heterocycles. The van der Waals surface area contributed by atoms with Gasteiger partial charge < -0.3 is 9.64 Å². The zero-order valence-electron chi connectivity index (χ0n) is 17.1. The Balaban J connectivity index is 0.00000240. The molecule has 4 rings (SSSR count). The topological polar surface area (TPSA) is 32.8 Å². The first-order valence-electron chi connectivity index (χ1n) is 10.5. The van der Waals surface area contributed by atoms with E-state index in [0.717, 1.165) is 63.5 Å². The molecular formula is C24H31ClN2O2. The van der Waals surface area contributed by atoms with Gasteiger partial charge in [0.2, 0.25) is 5.91 Å². The molecule has 0 aromatic heterocycles. The van der Waals surface area contributed by atoms with Crippen molar-refractivity contribution < 1.29 is 9.53 Å². The molecule has 2 aromatic rings. The summed E-state index contributed by atoms with van der Waals surface area (Å²) in [6.45, 7) is 8.28. The molecule has 2 aliphatic rings. The second-order valence-corrected chi connectivity index (χ2v) is 7.82. The molecule has 0 bridgehead atoms. The average Bonchev–Trinajstić information content (AvgIpc) is 3.06. The van der Waals surface area contributed by atoms with Gasteiger partial charge in [-0.15, -0.1) is 12.4 Å². The molecule has 2 aromatic carbocycles. The molecule has 4 nitrogen and oxygen atoms in total. The van der Waals surface area contributed by atoms with Crippen molar-refractivity contribution in [2.75, 3.05) is 45.9 Å². The summed E-state index contributed by atoms with van der Waals surface area (Å²) in [5.41, 5.74) is 1.65. The smallest absolute Gasteiger partial charge is 0.238 e. The number of carbonyl (C=O) groups excluding carboxylic acids is 1. The quantitative estimate of drug-likeness (QED) is 0.724. The van der Waals surface area contributed by atoms with Crippen molar-refractivity contribution in [3.05, 3.63) is 71.8 Å². The third kappa shape index (κ3) is 4.07. The maximum absolute atomic E-state index is 13.8. The zero-order valence-corrected chi connectivity index (χ0v) is 17.9. The number of ether oxygens (including phenoxy) is 1. The number of carbonyl (C=O) groups is 1. The first-order valence-corrected chi connectivity index (χ1v) is 10.5. The van der Waals surface area contributed by atoms with Crippen LogP contribution in [0.4, 0.5) is 0 Å². The molecule has 0 radical (unpaired) electrons. The molecule has 29 heavy (non-hydrogen) atoms. The van der Waals surface area contributed by atoms with Crippen LogP contribution in [0.3, 0.4) is 0 Å². The van der Waals surface area contributed by atoms with Crippen LogP contribution in [0.15, 0.2) is 60.7 Å². The Morgan fingerprint density at radius 1 is 0.966 bits per heavy atom. The summed E-state index contributed by atoms with van der Waals surface area (Å²) < 4.78 is 5.50. The van der Waals surface area contributed by atoms with E-state index in [1.165, 1.54) is 0 Å². The molecule has 2 fully saturated rings. The van der Waals surface area contributed by atoms with Gasteiger partial charge in [-0.3, -0.25) is 9.69 Å². The lowest BCUT2D eigenvalue weighted by atomic mass is 9.66. The highest BCUT2D eigenvalue weighted by Crippen LogP contribution is 2.47. The Hall–Kier alpha value is -1.88. The van der Waals surface area contributed by atoms with E-state index in [-0.39, 0.29) is 24.2 Å². The lowest BCUT2D eigenvalue weighted by Gasteiger charge is -2.36. The monoisotopic (exact) mass is 414 g/mol. The Labute approximate surface area is 180 Å². The van der Waals surface area contributed by atoms with Crippen molar-refractivity contribution in [2.24, 2.45) is 5.92 Å². The third-order valence-corrected chi connectivity index (χ3v) is 6.42. The van der Waals surface area contributed by atoms with E-state index >= 15 is 0 Å². The number of halogens is 1. The maximum atomic E-state index is 13.8. The fourth-order valence-electron chi connectivity index (χ4n) is 4.94. The minimum atomic E-state index is -0.592. The summed E-state index contributed by atoms with van der Waals surface area (Å²) in [4.78, 5) is 18.3. The van der Waals surface area contributed by atoms with Crippen LogP contribution in [0, 0.1) is 5.92 Å². The predicted molar refractivity (Wildman–Crippen MR) is 119 cm³/mol. The van der Waals surface area contributed by atoms with Gasteiger partial charge in [0, 0.05) is 32.1 Å². The number of hydrogen-bond donors (Lipinski definition) is 0. The van der Waals surface area contributed by atoms with Crippen LogP contribution in [-0.2, 0) is 14.9 Å². The Bertz CT molecular complexity index is 738. The number of likely N-dealkylation sites (tertiary alicyclic amines) is 1. The summed E-state index contributed by atoms with van der Waals surface area (Å²) in [5.74, 6) is 0.506. The maximum Gasteiger partial charge on any atom is 0.238 e. The summed E-state index contributed by atoms with van der Waals surface area (Å²) in [5, 5.41) is 0. The van der Waals surface area contributed by atoms with Crippen LogP contribution >= 0.6 is 12.4 Å². The SMILES string of the molecule is CCN1C[C@H](CCN2CCOCC2)C(c2ccccc2)(c2ccccc2)C1=O.Cl. The molecule has 0 aliphatic carbocycles. The Morgan fingerprint density at radius 3 is 2.03 bits per heavy atom. The van der Waals surface area contributed by atoms with E-state index in [2.05, 4.69) is 60.4 Å². The number of hydrogen-bond acceptors (Lipinski definition) is 3. The highest BCUT2D eigenvalue weighted by molar-refractivity contribution is 5.94. The van der Waals surface area contributed by atoms with Crippen LogP contribution < -0.4 is 0 Å². The normalized spacial score (nSPS) is 21.8. The predicted octanol–water partition coefficient (Wildman–Crippen LogP) is 3.60. The lowest BCUT2D eigenvalue weighted by molar-refractivity contribution is -0.131. The summed E-state index contributed by atoms with van der Waals surface area (Å²) in [7, 11) is 0. The van der Waals surface area contributed by atoms with Gasteiger partial charge in [0.15, 0.2) is 0 Å². The molecule has 2 heterocycles. The van der Waals surface area contributed by atoms with Crippen molar-refractivity contribution in [2.45, 2.75) is 18.8 Å². The molecule has 1 atom stereocenters. The number of likely N-dealkylation sites (N-methyl/N-ethyl adjacent to an activating group) is 1. The number of morpholine rings is 1. The highest BCUT2D eigenvalue weighted by Gasteiger charge is 2.55. The minimum absolute atomic E-state index is 0. The molecule has 0 unspecified atom stereocenters. The molecule has 2 aliphatic heterocycles. The van der Waals surface area contributed by atoms with E-state index in [9.17, 15) is 4.79 Å². The lowest BCUT2D eigenvalue weighted by Crippen LogP contribution is -2.43. The van der Waals surface area contributed by atoms with Gasteiger partial charge in [0.05, 0.1) is 13.2 Å². The van der Waals surface area contributed by atoms with Crippen molar-refractivity contribution >= 4 is 18.3 Å². The van der Waals surface area contributed by atoms with Gasteiger partial charge >= 0.3 is 0 Å². The fraction of sp³-hybridized carbons (Fsp3) is 0.458. The average molecular weight is 415 g/mol. The van der Waals surface area contributed by atoms with Crippen molar-refractivity contribution in [3.8, 4) is 0 Å². The van der Waals surface area contributed by atoms with Gasteiger partial charge in [-0.2, -0.15) is 0 Å². The Morgan fingerprint density at radius 2 is 1.52 bits per heavy atom. The van der Waals surface area contributed by atoms with E-state index in [0.29, 0.717) is 0 Å². The van der Waals surface area contributed by atoms with Gasteiger partial charge in [0.25, 0.3) is 0 Å². The van der Waals surface area contributed by atoms with Crippen LogP contribution in [0.25, 0.3) is 0 Å². The van der Waals surface area contributed by atoms with Crippen molar-refractivity contribution in [1.29, 1.82) is 0 Å². The number of nitrogens with zero attached hydrogens (tertiary/aromatic N) is 2. The van der Waals surface area contributed by atoms with Crippen LogP contribution in [0.5, 0.6) is 0 Å². The first-order chi connectivity index (χ1) is 13.8. The van der Waals surface area contributed by atoms with E-state index < -0.39 is 5.41 Å². The standard InChI is InChI=1S/C24H30N2O2.ClH/c1-2-26-19-22(13-14-25-15-17-28-18-16-25)24(23(26)27,20-9-5-3-6-10-20)21-11-7-4-8-12-21;/h3-12,22H,2,13-19H2,1H3;1H/t22-;/m0./s1. The Kier molecular flexibility index (Phi) is 7.33. The molecular weight excluding hydrogens is 384 g/mol. The number of rotatable bonds is 6. The van der Waals surface area contributed by atoms with Gasteiger partial charge in [-0.25, -0.2) is 0 Å². The van der Waals surface area contributed by atoms with E-state index in [1.807, 2.05) is 17.0 Å². The van der Waals surface area contributed by atoms with Crippen LogP contribution in [0.1, 0.15) is 24.5 Å². The van der Waals surface area contributed by atoms with Crippen molar-refractivity contribution in [3.63, 3.8) is 0 Å². The van der Waals surface area contributed by atoms with Crippen LogP contribution in [0.2, 0.25) is 0 Å². The fourth-order valence-corrected chi connectivity index (χ4v) is 4.94. The molecule has 0 saturated carbocycles. The first kappa shape index (κ1) is 21.8. The second-order valence-electron chi connectivity index (χ2n) is 7.82. The number of amides is 1. The molecule has 1 amide bonds. The summed E-state index contributed by atoms with van der Waals surface area (Å²) >= 11 is 0. The van der Waals surface area contributed by atoms with E-state index in [1.54, 1.807) is 0 Å². The third-order valence-electron chi connectivity index (χ3n) is 6.42. The van der Waals surface area contributed by atoms with Gasteiger partial charge in [-0.1, -0.05) is 60.7 Å². The molecule has 156 valence electrons. The van der Waals surface area contributed by atoms with Crippen molar-refractivity contribution in [1.82, 2.24) is 9.80 Å². The minimum Gasteiger partial charge on any atom is -0.379 e. The summed E-state index contributed by atoms with van der Waals surface area (Å²) in [6, 6.07) is 20.8. The van der Waals surface area contributed by atoms with E-state index in [4.69, 9.17) is 4.74 Å². The largest absolute Gasteiger partial charge is 0.379 e. The van der Waals surface area contributed by atoms with Crippen LogP contribution in [-0.4, -0.2) is 61.6 Å².